The second-order valence-corrected chi connectivity index (χ2v) is 14.4. The molecule has 0 saturated carbocycles. The van der Waals surface area contributed by atoms with Crippen LogP contribution in [0.4, 0.5) is 0 Å². The van der Waals surface area contributed by atoms with Gasteiger partial charge in [0.05, 0.1) is 11.8 Å². The second-order valence-electron chi connectivity index (χ2n) is 11.3. The van der Waals surface area contributed by atoms with E-state index in [1.807, 2.05) is 24.4 Å². The number of hydrogen-bond acceptors (Lipinski definition) is 4. The highest BCUT2D eigenvalue weighted by molar-refractivity contribution is 7.99. The fourth-order valence-electron chi connectivity index (χ4n) is 5.20. The minimum atomic E-state index is -3.42. The summed E-state index contributed by atoms with van der Waals surface area (Å²) >= 11 is 1.80. The Morgan fingerprint density at radius 1 is 0.829 bits per heavy atom. The number of carbonyl (C=O) groups is 1. The van der Waals surface area contributed by atoms with Crippen LogP contribution in [0.5, 0.6) is 0 Å². The van der Waals surface area contributed by atoms with Crippen molar-refractivity contribution < 1.29 is 17.8 Å². The molecule has 1 aromatic carbocycles. The summed E-state index contributed by atoms with van der Waals surface area (Å²) in [7, 11) is -3.42. The van der Waals surface area contributed by atoms with E-state index < -0.39 is 10.0 Å². The van der Waals surface area contributed by atoms with Crippen LogP contribution in [0.15, 0.2) is 42.6 Å². The molecule has 232 valence electrons. The Morgan fingerprint density at radius 2 is 1.41 bits per heavy atom. The molecule has 2 rings (SSSR count). The van der Waals surface area contributed by atoms with Gasteiger partial charge in [-0.15, -0.1) is 0 Å². The number of sulfonamides is 1. The van der Waals surface area contributed by atoms with Gasteiger partial charge in [0.15, 0.2) is 6.20 Å². The quantitative estimate of drug-likeness (QED) is 0.0929. The van der Waals surface area contributed by atoms with Crippen LogP contribution >= 0.6 is 11.8 Å². The first-order chi connectivity index (χ1) is 19.9. The van der Waals surface area contributed by atoms with Crippen molar-refractivity contribution in [3.8, 4) is 0 Å². The minimum absolute atomic E-state index is 0.0577. The fourth-order valence-corrected chi connectivity index (χ4v) is 7.37. The number of amides is 1. The Balaban J connectivity index is 1.53. The first-order valence-corrected chi connectivity index (χ1v) is 18.9. The lowest BCUT2D eigenvalue weighted by atomic mass is 10.0. The molecule has 0 spiro atoms. The van der Waals surface area contributed by atoms with Crippen molar-refractivity contribution in [2.45, 2.75) is 123 Å². The number of pyridine rings is 1. The van der Waals surface area contributed by atoms with Crippen LogP contribution in [0.1, 0.15) is 110 Å². The van der Waals surface area contributed by atoms with Gasteiger partial charge in [-0.1, -0.05) is 103 Å². The molecule has 1 atom stereocenters. The maximum Gasteiger partial charge on any atom is 0.217 e. The third kappa shape index (κ3) is 17.2. The van der Waals surface area contributed by atoms with Crippen molar-refractivity contribution in [3.63, 3.8) is 0 Å². The van der Waals surface area contributed by atoms with Gasteiger partial charge >= 0.3 is 0 Å². The van der Waals surface area contributed by atoms with Crippen LogP contribution in [0.3, 0.4) is 0 Å². The van der Waals surface area contributed by atoms with Crippen LogP contribution in [-0.4, -0.2) is 44.2 Å². The summed E-state index contributed by atoms with van der Waals surface area (Å²) < 4.78 is 30.1. The predicted octanol–water partition coefficient (Wildman–Crippen LogP) is 7.16. The van der Waals surface area contributed by atoms with Gasteiger partial charge in [0.25, 0.3) is 0 Å². The molecule has 1 unspecified atom stereocenters. The van der Waals surface area contributed by atoms with E-state index in [-0.39, 0.29) is 24.2 Å². The maximum absolute atomic E-state index is 12.7. The van der Waals surface area contributed by atoms with E-state index in [0.29, 0.717) is 18.7 Å². The molecular formula is C33H56N3O3S2+. The van der Waals surface area contributed by atoms with Gasteiger partial charge < -0.3 is 5.32 Å². The Hall–Kier alpha value is -1.64. The normalized spacial score (nSPS) is 12.5. The lowest BCUT2D eigenvalue weighted by molar-refractivity contribution is -0.671. The van der Waals surface area contributed by atoms with Crippen molar-refractivity contribution in [3.05, 3.63) is 42.6 Å². The van der Waals surface area contributed by atoms with Gasteiger partial charge in [-0.3, -0.25) is 4.79 Å². The van der Waals surface area contributed by atoms with Gasteiger partial charge in [-0.2, -0.15) is 16.3 Å². The zero-order valence-electron chi connectivity index (χ0n) is 25.7. The zero-order chi connectivity index (χ0) is 29.6. The molecule has 0 fully saturated rings. The third-order valence-electron chi connectivity index (χ3n) is 7.52. The number of fused-ring (bicyclic) bond motifs is 1. The van der Waals surface area contributed by atoms with Crippen molar-refractivity contribution in [2.75, 3.05) is 23.8 Å². The van der Waals surface area contributed by atoms with E-state index in [0.717, 1.165) is 16.7 Å². The Labute approximate surface area is 254 Å². The van der Waals surface area contributed by atoms with Gasteiger partial charge in [-0.25, -0.2) is 13.1 Å². The number of hydrogen-bond donors (Lipinski definition) is 2. The van der Waals surface area contributed by atoms with E-state index in [1.165, 1.54) is 96.8 Å². The molecule has 8 heteroatoms. The molecule has 0 saturated heterocycles. The van der Waals surface area contributed by atoms with Crippen molar-refractivity contribution >= 4 is 38.6 Å². The topological polar surface area (TPSA) is 79.2 Å². The average Bonchev–Trinajstić information content (AvgIpc) is 2.95. The van der Waals surface area contributed by atoms with Crippen LogP contribution in [0, 0.1) is 0 Å². The standard InChI is InChI=1S/C33H55N3O3S2/c1-3-4-5-6-7-8-9-10-11-12-13-14-15-18-26-40-29-32(35-30(2)37)28-34-41(38,39)27-20-25-36-24-19-22-31-21-16-17-23-33(31)36/h16-17,19,21-24,32,34H,3-15,18,20,25-29H2,1-2H3/p+1. The van der Waals surface area contributed by atoms with E-state index in [9.17, 15) is 13.2 Å². The van der Waals surface area contributed by atoms with E-state index in [2.05, 4.69) is 39.7 Å². The molecule has 6 nitrogen and oxygen atoms in total. The summed E-state index contributed by atoms with van der Waals surface area (Å²) in [4.78, 5) is 11.7. The first kappa shape index (κ1) is 35.6. The molecular weight excluding hydrogens is 551 g/mol. The summed E-state index contributed by atoms with van der Waals surface area (Å²) in [6.07, 6.45) is 21.4. The van der Waals surface area contributed by atoms with Crippen LogP contribution in [0.25, 0.3) is 10.9 Å². The Bertz CT molecular complexity index is 1070. The van der Waals surface area contributed by atoms with Crippen LogP contribution in [-0.2, 0) is 21.4 Å². The summed E-state index contributed by atoms with van der Waals surface area (Å²) in [5.74, 6) is 1.69. The number of benzene rings is 1. The third-order valence-corrected chi connectivity index (χ3v) is 10.2. The van der Waals surface area contributed by atoms with Gasteiger partial charge in [0.2, 0.25) is 21.4 Å². The Morgan fingerprint density at radius 3 is 2.05 bits per heavy atom. The average molecular weight is 607 g/mol. The number of unbranched alkanes of at least 4 members (excludes halogenated alkanes) is 13. The predicted molar refractivity (Wildman–Crippen MR) is 176 cm³/mol. The highest BCUT2D eigenvalue weighted by atomic mass is 32.2. The second kappa shape index (κ2) is 22.0. The number of aryl methyl sites for hydroxylation is 1. The highest BCUT2D eigenvalue weighted by Crippen LogP contribution is 2.14. The number of carbonyl (C=O) groups excluding carboxylic acids is 1. The first-order valence-electron chi connectivity index (χ1n) is 16.1. The Kier molecular flexibility index (Phi) is 19.1. The van der Waals surface area contributed by atoms with Gasteiger partial charge in [0, 0.05) is 43.2 Å². The van der Waals surface area contributed by atoms with Crippen molar-refractivity contribution in [1.82, 2.24) is 10.0 Å². The lowest BCUT2D eigenvalue weighted by Gasteiger charge is -2.18. The fraction of sp³-hybridized carbons (Fsp3) is 0.697. The lowest BCUT2D eigenvalue weighted by Crippen LogP contribution is -2.45. The summed E-state index contributed by atoms with van der Waals surface area (Å²) in [5.41, 5.74) is 1.10. The van der Waals surface area contributed by atoms with Crippen LogP contribution < -0.4 is 14.6 Å². The summed E-state index contributed by atoms with van der Waals surface area (Å²) in [6.45, 7) is 4.62. The molecule has 0 aliphatic heterocycles. The summed E-state index contributed by atoms with van der Waals surface area (Å²) in [6, 6.07) is 12.0. The zero-order valence-corrected chi connectivity index (χ0v) is 27.4. The minimum Gasteiger partial charge on any atom is -0.351 e. The largest absolute Gasteiger partial charge is 0.351 e. The van der Waals surface area contributed by atoms with E-state index in [1.54, 1.807) is 11.8 Å². The van der Waals surface area contributed by atoms with Gasteiger partial charge in [0.1, 0.15) is 6.54 Å². The van der Waals surface area contributed by atoms with Crippen LogP contribution in [0.2, 0.25) is 0 Å². The smallest absolute Gasteiger partial charge is 0.217 e. The van der Waals surface area contributed by atoms with E-state index >= 15 is 0 Å². The number of thioether (sulfide) groups is 1. The molecule has 1 heterocycles. The van der Waals surface area contributed by atoms with E-state index in [4.69, 9.17) is 0 Å². The molecule has 0 bridgehead atoms. The monoisotopic (exact) mass is 606 g/mol. The molecule has 0 aliphatic carbocycles. The number of nitrogens with zero attached hydrogens (tertiary/aromatic N) is 1. The molecule has 41 heavy (non-hydrogen) atoms. The van der Waals surface area contributed by atoms with Crippen molar-refractivity contribution in [1.29, 1.82) is 0 Å². The van der Waals surface area contributed by atoms with Gasteiger partial charge in [-0.05, 0) is 24.3 Å². The number of aromatic nitrogens is 1. The highest BCUT2D eigenvalue weighted by Gasteiger charge is 2.17. The summed E-state index contributed by atoms with van der Waals surface area (Å²) in [5, 5.41) is 4.06. The number of para-hydroxylation sites is 1. The number of nitrogens with one attached hydrogen (secondary N) is 2. The maximum atomic E-state index is 12.7. The van der Waals surface area contributed by atoms with Crippen molar-refractivity contribution in [2.24, 2.45) is 0 Å². The number of rotatable bonds is 25. The molecule has 1 amide bonds. The molecule has 2 aromatic rings. The molecule has 0 radical (unpaired) electrons. The SMILES string of the molecule is CCCCCCCCCCCCCCCCSCC(CNS(=O)(=O)CCC[n+]1cccc2ccccc21)NC(C)=O. The molecule has 2 N–H and O–H groups in total. The molecule has 0 aliphatic rings. The molecule has 1 aromatic heterocycles.